The summed E-state index contributed by atoms with van der Waals surface area (Å²) in [4.78, 5) is 36.8. The van der Waals surface area contributed by atoms with E-state index in [4.69, 9.17) is 4.98 Å². The van der Waals surface area contributed by atoms with Crippen LogP contribution in [0.25, 0.3) is 0 Å². The smallest absolute Gasteiger partial charge is 0.248 e. The van der Waals surface area contributed by atoms with Gasteiger partial charge in [0.1, 0.15) is 11.6 Å². The van der Waals surface area contributed by atoms with Crippen LogP contribution < -0.4 is 5.32 Å². The second kappa shape index (κ2) is 11.8. The molecule has 3 fully saturated rings. The number of likely N-dealkylation sites (tertiary alicyclic amines) is 1. The Balaban J connectivity index is 1.40. The summed E-state index contributed by atoms with van der Waals surface area (Å²) < 4.78 is 0. The molecule has 3 N–H and O–H groups in total. The van der Waals surface area contributed by atoms with Crippen LogP contribution in [-0.4, -0.2) is 79.2 Å². The lowest BCUT2D eigenvalue weighted by Gasteiger charge is -2.53. The van der Waals surface area contributed by atoms with Gasteiger partial charge in [0.05, 0.1) is 23.5 Å². The zero-order valence-corrected chi connectivity index (χ0v) is 23.7. The molecule has 1 saturated carbocycles. The topological polar surface area (TPSA) is 114 Å². The minimum absolute atomic E-state index is 0.0671. The summed E-state index contributed by atoms with van der Waals surface area (Å²) >= 11 is 0. The van der Waals surface area contributed by atoms with Crippen molar-refractivity contribution in [3.05, 3.63) is 47.0 Å². The number of unbranched alkanes of at least 4 members (excludes halogenated alkanes) is 1. The van der Waals surface area contributed by atoms with Crippen molar-refractivity contribution >= 4 is 11.8 Å². The van der Waals surface area contributed by atoms with E-state index in [0.717, 1.165) is 61.2 Å². The van der Waals surface area contributed by atoms with Crippen molar-refractivity contribution in [2.75, 3.05) is 19.6 Å². The third kappa shape index (κ3) is 5.23. The first-order valence-electron chi connectivity index (χ1n) is 14.8. The highest BCUT2D eigenvalue weighted by molar-refractivity contribution is 6.00. The third-order valence-electron chi connectivity index (χ3n) is 9.38. The van der Waals surface area contributed by atoms with Gasteiger partial charge in [0, 0.05) is 37.1 Å². The molecule has 39 heavy (non-hydrogen) atoms. The van der Waals surface area contributed by atoms with Crippen molar-refractivity contribution in [1.29, 1.82) is 0 Å². The number of hydrogen-bond donors (Lipinski definition) is 3. The number of aromatic amines is 1. The van der Waals surface area contributed by atoms with Crippen molar-refractivity contribution in [2.45, 2.75) is 102 Å². The molecule has 212 valence electrons. The maximum absolute atomic E-state index is 14.0. The maximum Gasteiger partial charge on any atom is 0.248 e. The number of aliphatic hydroxyl groups is 1. The molecule has 1 aliphatic carbocycles. The van der Waals surface area contributed by atoms with Crippen LogP contribution in [0.1, 0.15) is 93.4 Å². The summed E-state index contributed by atoms with van der Waals surface area (Å²) in [5.41, 5.74) is 3.13. The van der Waals surface area contributed by atoms with Crippen LogP contribution in [0.3, 0.4) is 0 Å². The fraction of sp³-hybridized carbons (Fsp3) is 0.667. The number of rotatable bonds is 8. The fourth-order valence-electron chi connectivity index (χ4n) is 7.13. The molecule has 1 spiro atoms. The van der Waals surface area contributed by atoms with Gasteiger partial charge in [0.2, 0.25) is 11.8 Å². The number of carbonyl (C=O) groups excluding carboxylic acids is 2. The van der Waals surface area contributed by atoms with E-state index in [1.54, 1.807) is 0 Å². The molecule has 0 aromatic carbocycles. The van der Waals surface area contributed by atoms with Crippen molar-refractivity contribution in [3.63, 3.8) is 0 Å². The molecular formula is C30H44N6O3. The van der Waals surface area contributed by atoms with E-state index >= 15 is 0 Å². The van der Waals surface area contributed by atoms with E-state index in [0.29, 0.717) is 32.5 Å². The van der Waals surface area contributed by atoms with Crippen LogP contribution in [0.4, 0.5) is 0 Å². The highest BCUT2D eigenvalue weighted by Gasteiger charge is 2.55. The minimum atomic E-state index is -0.888. The lowest BCUT2D eigenvalue weighted by atomic mass is 9.77. The third-order valence-corrected chi connectivity index (χ3v) is 9.38. The summed E-state index contributed by atoms with van der Waals surface area (Å²) in [5.74, 6) is -0.155. The van der Waals surface area contributed by atoms with Crippen molar-refractivity contribution in [2.24, 2.45) is 5.92 Å². The highest BCUT2D eigenvalue weighted by Crippen LogP contribution is 2.40. The van der Waals surface area contributed by atoms with Gasteiger partial charge in [-0.3, -0.25) is 24.6 Å². The molecule has 0 radical (unpaired) electrons. The van der Waals surface area contributed by atoms with Crippen LogP contribution in [-0.2, 0) is 9.59 Å². The number of nitrogens with one attached hydrogen (secondary N) is 2. The second-order valence-corrected chi connectivity index (χ2v) is 11.8. The van der Waals surface area contributed by atoms with E-state index in [2.05, 4.69) is 27.3 Å². The lowest BCUT2D eigenvalue weighted by molar-refractivity contribution is -0.166. The first-order chi connectivity index (χ1) is 18.9. The Morgan fingerprint density at radius 1 is 1.13 bits per heavy atom. The zero-order valence-electron chi connectivity index (χ0n) is 23.7. The molecule has 2 aromatic heterocycles. The number of piperazine rings is 1. The fourth-order valence-corrected chi connectivity index (χ4v) is 7.13. The average Bonchev–Trinajstić information content (AvgIpc) is 3.30. The highest BCUT2D eigenvalue weighted by atomic mass is 16.3. The van der Waals surface area contributed by atoms with Gasteiger partial charge in [-0.05, 0) is 64.0 Å². The summed E-state index contributed by atoms with van der Waals surface area (Å²) in [7, 11) is 0. The quantitative estimate of drug-likeness (QED) is 0.476. The van der Waals surface area contributed by atoms with Crippen LogP contribution in [0.5, 0.6) is 0 Å². The molecule has 2 amide bonds. The number of H-pyrrole nitrogens is 1. The van der Waals surface area contributed by atoms with Gasteiger partial charge in [-0.15, -0.1) is 0 Å². The number of aromatic nitrogens is 3. The number of aliphatic hydroxyl groups excluding tert-OH is 1. The van der Waals surface area contributed by atoms with E-state index in [-0.39, 0.29) is 23.8 Å². The number of aryl methyl sites for hydroxylation is 2. The molecule has 3 atom stereocenters. The molecule has 5 rings (SSSR count). The molecule has 9 nitrogen and oxygen atoms in total. The van der Waals surface area contributed by atoms with E-state index in [1.165, 1.54) is 6.42 Å². The standard InChI is InChI=1S/C30H44N6O3/c1-4-5-17-36-28(38)25(27(37)22-11-7-6-8-12-22)32-29(39)30(36)14-18-35(19-15-30)26(23-13-9-10-16-31-23)24-20(2)33-34-21(24)3/h9-10,13,16,22,25-27,37H,4-8,11-12,14-15,17-19H2,1-3H3,(H,32,39)(H,33,34)/t25-,26?,27-/m1/s1. The molecular weight excluding hydrogens is 492 g/mol. The Bertz CT molecular complexity index is 1120. The predicted octanol–water partition coefficient (Wildman–Crippen LogP) is 3.41. The lowest BCUT2D eigenvalue weighted by Crippen LogP contribution is -2.75. The SMILES string of the molecule is CCCCN1C(=O)[C@@H]([C@H](O)C2CCCCC2)NC(=O)C12CCN(C(c1ccccn1)c1c(C)n[nH]c1C)CC2. The molecule has 2 aromatic rings. The van der Waals surface area contributed by atoms with Crippen molar-refractivity contribution in [1.82, 2.24) is 30.3 Å². The minimum Gasteiger partial charge on any atom is -0.390 e. The molecule has 2 saturated heterocycles. The first-order valence-corrected chi connectivity index (χ1v) is 14.8. The van der Waals surface area contributed by atoms with Crippen LogP contribution in [0.15, 0.2) is 24.4 Å². The van der Waals surface area contributed by atoms with E-state index in [9.17, 15) is 14.7 Å². The molecule has 4 heterocycles. The number of hydrogen-bond acceptors (Lipinski definition) is 6. The van der Waals surface area contributed by atoms with Gasteiger partial charge < -0.3 is 15.3 Å². The Morgan fingerprint density at radius 2 is 1.87 bits per heavy atom. The van der Waals surface area contributed by atoms with Crippen molar-refractivity contribution < 1.29 is 14.7 Å². The van der Waals surface area contributed by atoms with Crippen molar-refractivity contribution in [3.8, 4) is 0 Å². The first kappa shape index (κ1) is 27.8. The summed E-state index contributed by atoms with van der Waals surface area (Å²) in [6.07, 6.45) is 8.99. The van der Waals surface area contributed by atoms with Crippen LogP contribution >= 0.6 is 0 Å². The average molecular weight is 537 g/mol. The van der Waals surface area contributed by atoms with Gasteiger partial charge >= 0.3 is 0 Å². The molecule has 9 heteroatoms. The number of carbonyl (C=O) groups is 2. The number of amides is 2. The number of nitrogens with zero attached hydrogens (tertiary/aromatic N) is 4. The molecule has 0 bridgehead atoms. The normalized spacial score (nSPS) is 24.1. The Kier molecular flexibility index (Phi) is 8.38. The van der Waals surface area contributed by atoms with E-state index in [1.807, 2.05) is 43.1 Å². The zero-order chi connectivity index (χ0) is 27.6. The predicted molar refractivity (Wildman–Crippen MR) is 149 cm³/mol. The summed E-state index contributed by atoms with van der Waals surface area (Å²) in [6, 6.07) is 5.03. The largest absolute Gasteiger partial charge is 0.390 e. The number of piperidine rings is 1. The monoisotopic (exact) mass is 536 g/mol. The second-order valence-electron chi connectivity index (χ2n) is 11.8. The summed E-state index contributed by atoms with van der Waals surface area (Å²) in [5, 5.41) is 21.8. The van der Waals surface area contributed by atoms with Gasteiger partial charge in [-0.1, -0.05) is 38.7 Å². The maximum atomic E-state index is 14.0. The van der Waals surface area contributed by atoms with Crippen LogP contribution in [0.2, 0.25) is 0 Å². The molecule has 3 aliphatic rings. The van der Waals surface area contributed by atoms with Gasteiger partial charge in [0.15, 0.2) is 0 Å². The van der Waals surface area contributed by atoms with Crippen LogP contribution in [0, 0.1) is 19.8 Å². The van der Waals surface area contributed by atoms with Gasteiger partial charge in [-0.2, -0.15) is 5.10 Å². The van der Waals surface area contributed by atoms with E-state index < -0.39 is 17.7 Å². The Hall–Kier alpha value is -2.78. The Morgan fingerprint density at radius 3 is 2.49 bits per heavy atom. The van der Waals surface area contributed by atoms with Gasteiger partial charge in [0.25, 0.3) is 0 Å². The molecule has 1 unspecified atom stereocenters. The Labute approximate surface area is 231 Å². The molecule has 2 aliphatic heterocycles. The summed E-state index contributed by atoms with van der Waals surface area (Å²) in [6.45, 7) is 7.98. The van der Waals surface area contributed by atoms with Gasteiger partial charge in [-0.25, -0.2) is 0 Å². The number of pyridine rings is 1.